The van der Waals surface area contributed by atoms with Crippen LogP contribution in [0.1, 0.15) is 37.2 Å². The Kier molecular flexibility index (Phi) is 5.03. The first kappa shape index (κ1) is 14.4. The molecule has 1 unspecified atom stereocenters. The molecule has 6 heteroatoms. The summed E-state index contributed by atoms with van der Waals surface area (Å²) in [5.41, 5.74) is 0.208. The van der Waals surface area contributed by atoms with E-state index in [2.05, 4.69) is 18.8 Å². The average molecular weight is 253 g/mol. The SMILES string of the molecule is CCCC(C)N(C)CC(=O)c1cc([N+](=O)[O-])c[nH]1. The molecule has 0 aliphatic carbocycles. The number of aromatic nitrogens is 1. The number of hydrogen-bond donors (Lipinski definition) is 1. The third-order valence-corrected chi connectivity index (χ3v) is 3.03. The normalized spacial score (nSPS) is 12.7. The summed E-state index contributed by atoms with van der Waals surface area (Å²) in [5.74, 6) is -0.131. The molecule has 1 rings (SSSR count). The summed E-state index contributed by atoms with van der Waals surface area (Å²) in [6, 6.07) is 1.60. The topological polar surface area (TPSA) is 79.2 Å². The van der Waals surface area contributed by atoms with Crippen molar-refractivity contribution in [1.29, 1.82) is 0 Å². The maximum atomic E-state index is 11.9. The summed E-state index contributed by atoms with van der Waals surface area (Å²) in [7, 11) is 1.88. The van der Waals surface area contributed by atoms with Crippen LogP contribution in [-0.4, -0.2) is 40.2 Å². The van der Waals surface area contributed by atoms with Crippen LogP contribution in [-0.2, 0) is 0 Å². The number of rotatable bonds is 7. The van der Waals surface area contributed by atoms with Crippen LogP contribution in [0.15, 0.2) is 12.3 Å². The Labute approximate surface area is 106 Å². The highest BCUT2D eigenvalue weighted by Gasteiger charge is 2.17. The molecule has 1 aromatic rings. The number of ketones is 1. The molecular formula is C12H19N3O3. The smallest absolute Gasteiger partial charge is 0.287 e. The highest BCUT2D eigenvalue weighted by atomic mass is 16.6. The van der Waals surface area contributed by atoms with Gasteiger partial charge >= 0.3 is 0 Å². The maximum Gasteiger partial charge on any atom is 0.287 e. The van der Waals surface area contributed by atoms with E-state index in [-0.39, 0.29) is 23.7 Å². The average Bonchev–Trinajstić information content (AvgIpc) is 2.78. The molecule has 0 amide bonds. The Morgan fingerprint density at radius 3 is 2.78 bits per heavy atom. The first-order valence-electron chi connectivity index (χ1n) is 6.02. The molecule has 0 bridgehead atoms. The second-order valence-electron chi connectivity index (χ2n) is 4.50. The van der Waals surface area contributed by atoms with Gasteiger partial charge in [0, 0.05) is 12.1 Å². The fourth-order valence-corrected chi connectivity index (χ4v) is 1.75. The van der Waals surface area contributed by atoms with E-state index in [0.717, 1.165) is 12.8 Å². The lowest BCUT2D eigenvalue weighted by molar-refractivity contribution is -0.384. The number of H-pyrrole nitrogens is 1. The highest BCUT2D eigenvalue weighted by molar-refractivity contribution is 5.96. The molecule has 0 saturated carbocycles. The van der Waals surface area contributed by atoms with Gasteiger partial charge in [0.05, 0.1) is 23.4 Å². The van der Waals surface area contributed by atoms with Gasteiger partial charge in [-0.15, -0.1) is 0 Å². The minimum absolute atomic E-state index is 0.0809. The molecule has 1 atom stereocenters. The summed E-state index contributed by atoms with van der Waals surface area (Å²) >= 11 is 0. The van der Waals surface area contributed by atoms with E-state index >= 15 is 0 Å². The summed E-state index contributed by atoms with van der Waals surface area (Å²) in [4.78, 5) is 26.5. The number of hydrogen-bond acceptors (Lipinski definition) is 4. The minimum atomic E-state index is -0.517. The van der Waals surface area contributed by atoms with E-state index in [0.29, 0.717) is 6.04 Å². The van der Waals surface area contributed by atoms with Crippen molar-refractivity contribution in [2.75, 3.05) is 13.6 Å². The lowest BCUT2D eigenvalue weighted by Crippen LogP contribution is -2.33. The van der Waals surface area contributed by atoms with Crippen molar-refractivity contribution in [1.82, 2.24) is 9.88 Å². The van der Waals surface area contributed by atoms with Crippen LogP contribution in [0, 0.1) is 10.1 Å². The molecule has 0 aliphatic rings. The quantitative estimate of drug-likeness (QED) is 0.459. The van der Waals surface area contributed by atoms with E-state index in [9.17, 15) is 14.9 Å². The first-order valence-corrected chi connectivity index (χ1v) is 6.02. The van der Waals surface area contributed by atoms with Crippen LogP contribution < -0.4 is 0 Å². The van der Waals surface area contributed by atoms with E-state index in [1.165, 1.54) is 12.3 Å². The largest absolute Gasteiger partial charge is 0.353 e. The van der Waals surface area contributed by atoms with Gasteiger partial charge in [0.15, 0.2) is 5.78 Å². The van der Waals surface area contributed by atoms with Gasteiger partial charge in [0.25, 0.3) is 5.69 Å². The number of carbonyl (C=O) groups excluding carboxylic acids is 1. The number of aromatic amines is 1. The maximum absolute atomic E-state index is 11.9. The zero-order valence-corrected chi connectivity index (χ0v) is 11.0. The number of nitro groups is 1. The van der Waals surface area contributed by atoms with Crippen LogP contribution in [0.2, 0.25) is 0 Å². The number of carbonyl (C=O) groups is 1. The van der Waals surface area contributed by atoms with Gasteiger partial charge in [-0.1, -0.05) is 13.3 Å². The van der Waals surface area contributed by atoms with Crippen LogP contribution in [0.3, 0.4) is 0 Å². The zero-order valence-electron chi connectivity index (χ0n) is 11.0. The third kappa shape index (κ3) is 3.66. The van der Waals surface area contributed by atoms with E-state index < -0.39 is 4.92 Å². The Bertz CT molecular complexity index is 428. The molecule has 18 heavy (non-hydrogen) atoms. The molecule has 0 radical (unpaired) electrons. The van der Waals surface area contributed by atoms with E-state index in [4.69, 9.17) is 0 Å². The van der Waals surface area contributed by atoms with Gasteiger partial charge < -0.3 is 4.98 Å². The first-order chi connectivity index (χ1) is 8.45. The van der Waals surface area contributed by atoms with E-state index in [1.807, 2.05) is 11.9 Å². The molecule has 0 spiro atoms. The predicted octanol–water partition coefficient (Wildman–Crippen LogP) is 2.23. The van der Waals surface area contributed by atoms with Gasteiger partial charge in [-0.2, -0.15) is 0 Å². The minimum Gasteiger partial charge on any atom is -0.353 e. The highest BCUT2D eigenvalue weighted by Crippen LogP contribution is 2.13. The zero-order chi connectivity index (χ0) is 13.7. The summed E-state index contributed by atoms with van der Waals surface area (Å²) in [6.07, 6.45) is 3.32. The molecule has 0 saturated heterocycles. The number of likely N-dealkylation sites (N-methyl/N-ethyl adjacent to an activating group) is 1. The van der Waals surface area contributed by atoms with Crippen LogP contribution in [0.4, 0.5) is 5.69 Å². The van der Waals surface area contributed by atoms with Crippen molar-refractivity contribution in [3.05, 3.63) is 28.1 Å². The molecule has 0 aliphatic heterocycles. The van der Waals surface area contributed by atoms with Crippen molar-refractivity contribution < 1.29 is 9.72 Å². The van der Waals surface area contributed by atoms with Crippen molar-refractivity contribution in [2.45, 2.75) is 32.7 Å². The second kappa shape index (κ2) is 6.30. The fourth-order valence-electron chi connectivity index (χ4n) is 1.75. The van der Waals surface area contributed by atoms with Crippen molar-refractivity contribution >= 4 is 11.5 Å². The van der Waals surface area contributed by atoms with Gasteiger partial charge in [-0.05, 0) is 20.4 Å². The Morgan fingerprint density at radius 1 is 1.61 bits per heavy atom. The van der Waals surface area contributed by atoms with Crippen molar-refractivity contribution in [3.63, 3.8) is 0 Å². The predicted molar refractivity (Wildman–Crippen MR) is 68.8 cm³/mol. The fraction of sp³-hybridized carbons (Fsp3) is 0.583. The molecule has 6 nitrogen and oxygen atoms in total. The molecule has 1 aromatic heterocycles. The number of nitrogens with zero attached hydrogens (tertiary/aromatic N) is 2. The summed E-state index contributed by atoms with van der Waals surface area (Å²) in [6.45, 7) is 4.42. The Hall–Kier alpha value is -1.69. The van der Waals surface area contributed by atoms with Gasteiger partial charge in [0.1, 0.15) is 0 Å². The Balaban J connectivity index is 2.61. The van der Waals surface area contributed by atoms with Gasteiger partial charge in [-0.25, -0.2) is 0 Å². The van der Waals surface area contributed by atoms with Gasteiger partial charge in [0.2, 0.25) is 0 Å². The van der Waals surface area contributed by atoms with Crippen molar-refractivity contribution in [3.8, 4) is 0 Å². The molecule has 1 heterocycles. The number of Topliss-reactive ketones (excluding diaryl/α,β-unsaturated/α-hetero) is 1. The lowest BCUT2D eigenvalue weighted by atomic mass is 10.1. The molecule has 0 fully saturated rings. The second-order valence-corrected chi connectivity index (χ2v) is 4.50. The van der Waals surface area contributed by atoms with Gasteiger partial charge in [-0.3, -0.25) is 19.8 Å². The van der Waals surface area contributed by atoms with E-state index in [1.54, 1.807) is 0 Å². The molecular weight excluding hydrogens is 234 g/mol. The lowest BCUT2D eigenvalue weighted by Gasteiger charge is -2.23. The monoisotopic (exact) mass is 253 g/mol. The summed E-state index contributed by atoms with van der Waals surface area (Å²) < 4.78 is 0. The summed E-state index contributed by atoms with van der Waals surface area (Å²) in [5, 5.41) is 10.5. The van der Waals surface area contributed by atoms with Crippen LogP contribution in [0.5, 0.6) is 0 Å². The standard InChI is InChI=1S/C12H19N3O3/c1-4-5-9(2)14(3)8-12(16)11-6-10(7-13-11)15(17)18/h6-7,9,13H,4-5,8H2,1-3H3. The number of nitrogens with one attached hydrogen (secondary N) is 1. The van der Waals surface area contributed by atoms with Crippen LogP contribution >= 0.6 is 0 Å². The molecule has 0 aromatic carbocycles. The molecule has 1 N–H and O–H groups in total. The van der Waals surface area contributed by atoms with Crippen LogP contribution in [0.25, 0.3) is 0 Å². The Morgan fingerprint density at radius 2 is 2.28 bits per heavy atom. The van der Waals surface area contributed by atoms with Crippen molar-refractivity contribution in [2.24, 2.45) is 0 Å². The third-order valence-electron chi connectivity index (χ3n) is 3.03. The molecule has 100 valence electrons.